The van der Waals surface area contributed by atoms with Crippen LogP contribution < -0.4 is 10.2 Å². The van der Waals surface area contributed by atoms with Gasteiger partial charge in [-0.15, -0.1) is 0 Å². The molecule has 5 heterocycles. The van der Waals surface area contributed by atoms with Crippen LogP contribution in [0.25, 0.3) is 0 Å². The van der Waals surface area contributed by atoms with E-state index in [-0.39, 0.29) is 12.1 Å². The lowest BCUT2D eigenvalue weighted by atomic mass is 10.2. The number of pyridine rings is 2. The number of carbonyl (C=O) groups excluding carboxylic acids is 1. The summed E-state index contributed by atoms with van der Waals surface area (Å²) >= 11 is 0. The van der Waals surface area contributed by atoms with Gasteiger partial charge in [-0.05, 0) is 31.0 Å². The highest BCUT2D eigenvalue weighted by Crippen LogP contribution is 2.27. The number of hydrogen-bond donors (Lipinski definition) is 1. The van der Waals surface area contributed by atoms with Gasteiger partial charge >= 0.3 is 6.03 Å². The summed E-state index contributed by atoms with van der Waals surface area (Å²) in [7, 11) is 0. The van der Waals surface area contributed by atoms with Crippen LogP contribution in [0.2, 0.25) is 0 Å². The minimum Gasteiger partial charge on any atom is -0.372 e. The normalized spacial score (nSPS) is 15.4. The van der Waals surface area contributed by atoms with E-state index in [9.17, 15) is 9.18 Å². The van der Waals surface area contributed by atoms with E-state index in [1.165, 1.54) is 6.07 Å². The first kappa shape index (κ1) is 20.2. The Balaban J connectivity index is 1.33. The van der Waals surface area contributed by atoms with Crippen LogP contribution in [0.3, 0.4) is 0 Å². The molecule has 0 saturated carbocycles. The number of aromatic nitrogens is 4. The molecule has 2 aliphatic rings. The van der Waals surface area contributed by atoms with Crippen molar-refractivity contribution >= 4 is 11.7 Å². The monoisotopic (exact) mass is 432 g/mol. The lowest BCUT2D eigenvalue weighted by Gasteiger charge is -2.21. The molecule has 1 atom stereocenters. The van der Waals surface area contributed by atoms with Gasteiger partial charge in [-0.1, -0.05) is 5.92 Å². The minimum atomic E-state index is -0.412. The van der Waals surface area contributed by atoms with Crippen molar-refractivity contribution in [2.75, 3.05) is 18.1 Å². The van der Waals surface area contributed by atoms with Gasteiger partial charge in [0.1, 0.15) is 23.9 Å². The van der Waals surface area contributed by atoms with Crippen molar-refractivity contribution in [3.05, 3.63) is 71.1 Å². The van der Waals surface area contributed by atoms with Gasteiger partial charge in [0.25, 0.3) is 0 Å². The number of nitrogens with one attached hydrogen (secondary N) is 1. The van der Waals surface area contributed by atoms with Crippen molar-refractivity contribution in [2.45, 2.75) is 32.5 Å². The Morgan fingerprint density at radius 1 is 1.19 bits per heavy atom. The molecule has 1 N–H and O–H groups in total. The molecule has 3 aromatic heterocycles. The number of anilines is 1. The average Bonchev–Trinajstić information content (AvgIpc) is 3.42. The Morgan fingerprint density at radius 2 is 2.09 bits per heavy atom. The highest BCUT2D eigenvalue weighted by atomic mass is 19.1. The fourth-order valence-electron chi connectivity index (χ4n) is 3.84. The molecule has 0 unspecified atom stereocenters. The number of ether oxygens (including phenoxy) is 1. The molecule has 9 heteroatoms. The number of hydrogen-bond acceptors (Lipinski definition) is 5. The second-order valence-electron chi connectivity index (χ2n) is 7.68. The van der Waals surface area contributed by atoms with E-state index in [1.54, 1.807) is 23.4 Å². The number of nitrogens with zero attached hydrogens (tertiary/aromatic N) is 5. The number of imidazole rings is 1. The maximum absolute atomic E-state index is 13.1. The first-order chi connectivity index (χ1) is 15.6. The molecule has 2 amide bonds. The molecular formula is C23H21FN6O2. The molecule has 162 valence electrons. The lowest BCUT2D eigenvalue weighted by molar-refractivity contribution is 0.0813. The van der Waals surface area contributed by atoms with Crippen LogP contribution >= 0.6 is 0 Å². The predicted molar refractivity (Wildman–Crippen MR) is 114 cm³/mol. The summed E-state index contributed by atoms with van der Waals surface area (Å²) in [4.78, 5) is 27.5. The molecule has 0 bridgehead atoms. The summed E-state index contributed by atoms with van der Waals surface area (Å²) in [5.74, 6) is 6.76. The Kier molecular flexibility index (Phi) is 5.29. The standard InChI is InChI=1S/C23H21FN6O2/c1-15(19-5-3-17(24)12-26-19)28-23(31)30-7-6-20-21(30)10-16(11-25-20)2-4-18-13-27-22-14-32-9-8-29(18)22/h3,5,10-13,15H,6-9,14H2,1H3,(H,28,31)/t15-/m0/s1. The van der Waals surface area contributed by atoms with E-state index in [0.29, 0.717) is 31.9 Å². The zero-order chi connectivity index (χ0) is 22.1. The molecule has 0 fully saturated rings. The zero-order valence-electron chi connectivity index (χ0n) is 17.5. The first-order valence-electron chi connectivity index (χ1n) is 10.4. The van der Waals surface area contributed by atoms with E-state index < -0.39 is 5.82 Å². The SMILES string of the molecule is C[C@H](NC(=O)N1CCc2ncc(C#Cc3cnc4n3CCOC4)cc21)c1ccc(F)cn1. The third kappa shape index (κ3) is 3.92. The summed E-state index contributed by atoms with van der Waals surface area (Å²) in [5, 5.41) is 2.92. The molecule has 0 aromatic carbocycles. The molecule has 32 heavy (non-hydrogen) atoms. The Labute approximate surface area is 184 Å². The molecule has 0 radical (unpaired) electrons. The largest absolute Gasteiger partial charge is 0.372 e. The zero-order valence-corrected chi connectivity index (χ0v) is 17.5. The number of halogens is 1. The van der Waals surface area contributed by atoms with Gasteiger partial charge in [-0.25, -0.2) is 14.2 Å². The highest BCUT2D eigenvalue weighted by Gasteiger charge is 2.27. The van der Waals surface area contributed by atoms with Crippen LogP contribution in [0.1, 0.15) is 41.4 Å². The van der Waals surface area contributed by atoms with Crippen LogP contribution in [0, 0.1) is 17.7 Å². The predicted octanol–water partition coefficient (Wildman–Crippen LogP) is 2.58. The van der Waals surface area contributed by atoms with Gasteiger partial charge in [0, 0.05) is 31.3 Å². The van der Waals surface area contributed by atoms with Crippen LogP contribution in [-0.4, -0.2) is 38.7 Å². The first-order valence-corrected chi connectivity index (χ1v) is 10.4. The van der Waals surface area contributed by atoms with Crippen molar-refractivity contribution in [2.24, 2.45) is 0 Å². The molecule has 0 spiro atoms. The Bertz CT molecular complexity index is 1230. The molecule has 5 rings (SSSR count). The number of rotatable bonds is 2. The molecule has 8 nitrogen and oxygen atoms in total. The highest BCUT2D eigenvalue weighted by molar-refractivity contribution is 5.94. The number of carbonyl (C=O) groups is 1. The van der Waals surface area contributed by atoms with Crippen molar-refractivity contribution in [1.29, 1.82) is 0 Å². The lowest BCUT2D eigenvalue weighted by Crippen LogP contribution is -2.40. The van der Waals surface area contributed by atoms with E-state index in [0.717, 1.165) is 41.2 Å². The van der Waals surface area contributed by atoms with Crippen molar-refractivity contribution in [3.63, 3.8) is 0 Å². The summed E-state index contributed by atoms with van der Waals surface area (Å²) in [6.07, 6.45) is 5.30. The fourth-order valence-corrected chi connectivity index (χ4v) is 3.84. The second kappa shape index (κ2) is 8.40. The average molecular weight is 432 g/mol. The van der Waals surface area contributed by atoms with Crippen LogP contribution in [0.4, 0.5) is 14.9 Å². The van der Waals surface area contributed by atoms with E-state index >= 15 is 0 Å². The quantitative estimate of drug-likeness (QED) is 0.629. The van der Waals surface area contributed by atoms with E-state index in [2.05, 4.69) is 36.7 Å². The molecule has 0 aliphatic carbocycles. The molecular weight excluding hydrogens is 411 g/mol. The topological polar surface area (TPSA) is 85.2 Å². The number of urea groups is 1. The fraction of sp³-hybridized carbons (Fsp3) is 0.304. The van der Waals surface area contributed by atoms with Gasteiger partial charge in [-0.2, -0.15) is 0 Å². The smallest absolute Gasteiger partial charge is 0.322 e. The van der Waals surface area contributed by atoms with Crippen molar-refractivity contribution in [3.8, 4) is 11.8 Å². The number of fused-ring (bicyclic) bond motifs is 2. The van der Waals surface area contributed by atoms with Gasteiger partial charge in [0.05, 0.1) is 42.1 Å². The third-order valence-electron chi connectivity index (χ3n) is 5.55. The summed E-state index contributed by atoms with van der Waals surface area (Å²) < 4.78 is 20.6. The minimum absolute atomic E-state index is 0.251. The van der Waals surface area contributed by atoms with E-state index in [1.807, 2.05) is 13.0 Å². The van der Waals surface area contributed by atoms with Crippen molar-refractivity contribution < 1.29 is 13.9 Å². The van der Waals surface area contributed by atoms with E-state index in [4.69, 9.17) is 4.74 Å². The van der Waals surface area contributed by atoms with Crippen LogP contribution in [-0.2, 0) is 24.3 Å². The number of amides is 2. The Morgan fingerprint density at radius 3 is 2.94 bits per heavy atom. The second-order valence-corrected chi connectivity index (χ2v) is 7.68. The maximum atomic E-state index is 13.1. The van der Waals surface area contributed by atoms with Gasteiger partial charge in [0.2, 0.25) is 0 Å². The summed E-state index contributed by atoms with van der Waals surface area (Å²) in [6, 6.07) is 4.17. The van der Waals surface area contributed by atoms with Gasteiger partial charge in [-0.3, -0.25) is 14.9 Å². The van der Waals surface area contributed by atoms with Gasteiger partial charge in [0.15, 0.2) is 0 Å². The molecule has 0 saturated heterocycles. The maximum Gasteiger partial charge on any atom is 0.322 e. The summed E-state index contributed by atoms with van der Waals surface area (Å²) in [5.41, 5.74) is 3.75. The Hall–Kier alpha value is -3.77. The van der Waals surface area contributed by atoms with Crippen LogP contribution in [0.5, 0.6) is 0 Å². The van der Waals surface area contributed by atoms with Gasteiger partial charge < -0.3 is 14.6 Å². The molecule has 2 aliphatic heterocycles. The van der Waals surface area contributed by atoms with Crippen LogP contribution in [0.15, 0.2) is 36.8 Å². The third-order valence-corrected chi connectivity index (χ3v) is 5.55. The van der Waals surface area contributed by atoms with Crippen molar-refractivity contribution in [1.82, 2.24) is 24.8 Å². The summed E-state index contributed by atoms with van der Waals surface area (Å²) in [6.45, 7) is 4.22. The molecule has 3 aromatic rings.